The van der Waals surface area contributed by atoms with Crippen molar-refractivity contribution in [1.82, 2.24) is 9.78 Å². The van der Waals surface area contributed by atoms with Crippen molar-refractivity contribution in [2.75, 3.05) is 10.7 Å². The third kappa shape index (κ3) is 4.91. The van der Waals surface area contributed by atoms with Gasteiger partial charge in [0.05, 0.1) is 17.1 Å². The summed E-state index contributed by atoms with van der Waals surface area (Å²) in [5.41, 5.74) is 9.82. The summed E-state index contributed by atoms with van der Waals surface area (Å²) in [6.45, 7) is 0. The number of hydrogen-bond donors (Lipinski definition) is 3. The number of aromatic nitrogens is 2. The van der Waals surface area contributed by atoms with Gasteiger partial charge in [-0.25, -0.2) is 10.5 Å². The van der Waals surface area contributed by atoms with Crippen LogP contribution in [0.3, 0.4) is 0 Å². The van der Waals surface area contributed by atoms with Crippen molar-refractivity contribution in [2.24, 2.45) is 11.6 Å². The lowest BCUT2D eigenvalue weighted by atomic mass is 10.1. The molecule has 0 fully saturated rings. The number of hydrazine groups is 1. The Morgan fingerprint density at radius 3 is 2.00 bits per heavy atom. The summed E-state index contributed by atoms with van der Waals surface area (Å²) in [4.78, 5) is 0. The van der Waals surface area contributed by atoms with Gasteiger partial charge in [-0.1, -0.05) is 12.1 Å². The highest BCUT2D eigenvalue weighted by Gasteiger charge is 2.42. The van der Waals surface area contributed by atoms with Crippen molar-refractivity contribution in [3.63, 3.8) is 0 Å². The molecule has 2 aromatic carbocycles. The monoisotopic (exact) mass is 442 g/mol. The molecule has 0 aliphatic rings. The fraction of sp³-hybridized carbons (Fsp3) is 0.105. The van der Waals surface area contributed by atoms with E-state index in [1.54, 1.807) is 24.3 Å². The third-order valence-corrected chi connectivity index (χ3v) is 4.20. The third-order valence-electron chi connectivity index (χ3n) is 4.20. The molecule has 0 saturated heterocycles. The average Bonchev–Trinajstić information content (AvgIpc) is 3.15. The Bertz CT molecular complexity index is 1080. The first-order valence-electron chi connectivity index (χ1n) is 8.58. The zero-order valence-electron chi connectivity index (χ0n) is 15.6. The molecular weight excluding hydrogens is 426 g/mol. The van der Waals surface area contributed by atoms with Gasteiger partial charge < -0.3 is 11.5 Å². The van der Waals surface area contributed by atoms with E-state index in [-0.39, 0.29) is 22.1 Å². The van der Waals surface area contributed by atoms with E-state index in [0.29, 0.717) is 16.9 Å². The van der Waals surface area contributed by atoms with Crippen molar-refractivity contribution in [1.29, 1.82) is 0 Å². The Hall–Kier alpha value is -3.67. The zero-order valence-corrected chi connectivity index (χ0v) is 15.6. The lowest BCUT2D eigenvalue weighted by molar-refractivity contribution is -0.143. The predicted molar refractivity (Wildman–Crippen MR) is 103 cm³/mol. The van der Waals surface area contributed by atoms with Crippen molar-refractivity contribution in [3.05, 3.63) is 77.7 Å². The first-order valence-corrected chi connectivity index (χ1v) is 8.58. The molecule has 6 nitrogen and oxygen atoms in total. The molecule has 0 saturated carbocycles. The smallest absolute Gasteiger partial charge is 0.399 e. The van der Waals surface area contributed by atoms with E-state index in [4.69, 9.17) is 17.3 Å². The standard InChI is InChI=1S/C19H16F6N6/c20-18(21,22)16-9-17(19(23,24)25)31(29-16)14-5-1-11(2-6-14)15(27)10-30(28)13-7-3-12(26)4-8-13/h1-10H,26-28H2/b15-10-. The second-order valence-electron chi connectivity index (χ2n) is 6.45. The van der Waals surface area contributed by atoms with Gasteiger partial charge in [0.1, 0.15) is 5.69 Å². The summed E-state index contributed by atoms with van der Waals surface area (Å²) < 4.78 is 78.3. The van der Waals surface area contributed by atoms with Crippen LogP contribution in [0.2, 0.25) is 0 Å². The molecule has 164 valence electrons. The predicted octanol–water partition coefficient (Wildman–Crippen LogP) is 4.13. The Kier molecular flexibility index (Phi) is 5.59. The minimum atomic E-state index is -5.03. The molecule has 6 N–H and O–H groups in total. The normalized spacial score (nSPS) is 12.8. The maximum absolute atomic E-state index is 13.2. The van der Waals surface area contributed by atoms with E-state index in [0.717, 1.165) is 0 Å². The van der Waals surface area contributed by atoms with Gasteiger partial charge in [0.15, 0.2) is 5.69 Å². The van der Waals surface area contributed by atoms with Crippen LogP contribution >= 0.6 is 0 Å². The molecule has 0 spiro atoms. The van der Waals surface area contributed by atoms with Crippen LogP contribution in [-0.2, 0) is 12.4 Å². The number of benzene rings is 2. The molecule has 31 heavy (non-hydrogen) atoms. The SMILES string of the molecule is N/C(=C\N(N)c1ccc(N)cc1)c1ccc(-n2nc(C(F)(F)F)cc2C(F)(F)F)cc1. The summed E-state index contributed by atoms with van der Waals surface area (Å²) in [5.74, 6) is 5.91. The van der Waals surface area contributed by atoms with E-state index in [9.17, 15) is 26.3 Å². The molecule has 0 aliphatic heterocycles. The van der Waals surface area contributed by atoms with E-state index >= 15 is 0 Å². The maximum atomic E-state index is 13.2. The van der Waals surface area contributed by atoms with Crippen LogP contribution in [-0.4, -0.2) is 9.78 Å². The molecule has 0 radical (unpaired) electrons. The Balaban J connectivity index is 1.91. The van der Waals surface area contributed by atoms with E-state index in [1.807, 2.05) is 0 Å². The number of anilines is 2. The molecule has 1 heterocycles. The number of hydrogen-bond acceptors (Lipinski definition) is 5. The lowest BCUT2D eigenvalue weighted by Crippen LogP contribution is -2.25. The molecule has 12 heteroatoms. The Morgan fingerprint density at radius 2 is 1.48 bits per heavy atom. The van der Waals surface area contributed by atoms with Crippen LogP contribution in [0.4, 0.5) is 37.7 Å². The zero-order chi connectivity index (χ0) is 23.0. The Labute approximate surface area is 172 Å². The summed E-state index contributed by atoms with van der Waals surface area (Å²) >= 11 is 0. The highest BCUT2D eigenvalue weighted by atomic mass is 19.4. The van der Waals surface area contributed by atoms with Crippen LogP contribution in [0.1, 0.15) is 17.0 Å². The molecule has 0 aliphatic carbocycles. The van der Waals surface area contributed by atoms with Crippen LogP contribution in [0.5, 0.6) is 0 Å². The molecule has 0 atom stereocenters. The van der Waals surface area contributed by atoms with Crippen molar-refractivity contribution in [2.45, 2.75) is 12.4 Å². The summed E-state index contributed by atoms with van der Waals surface area (Å²) in [6, 6.07) is 11.5. The maximum Gasteiger partial charge on any atom is 0.435 e. The first kappa shape index (κ1) is 22.0. The van der Waals surface area contributed by atoms with Gasteiger partial charge in [-0.05, 0) is 42.0 Å². The second-order valence-corrected chi connectivity index (χ2v) is 6.45. The topological polar surface area (TPSA) is 99.1 Å². The second kappa shape index (κ2) is 7.87. The molecular formula is C19H16F6N6. The van der Waals surface area contributed by atoms with Gasteiger partial charge in [-0.3, -0.25) is 5.01 Å². The number of halogens is 6. The van der Waals surface area contributed by atoms with Crippen molar-refractivity contribution >= 4 is 17.1 Å². The molecule has 0 amide bonds. The van der Waals surface area contributed by atoms with Gasteiger partial charge in [-0.2, -0.15) is 31.4 Å². The first-order chi connectivity index (χ1) is 14.4. The van der Waals surface area contributed by atoms with Crippen LogP contribution in [0, 0.1) is 0 Å². The minimum absolute atomic E-state index is 0.0406. The highest BCUT2D eigenvalue weighted by Crippen LogP contribution is 2.36. The van der Waals surface area contributed by atoms with E-state index < -0.39 is 23.7 Å². The van der Waals surface area contributed by atoms with E-state index in [2.05, 4.69) is 5.10 Å². The minimum Gasteiger partial charge on any atom is -0.399 e. The van der Waals surface area contributed by atoms with Gasteiger partial charge in [0, 0.05) is 18.0 Å². The van der Waals surface area contributed by atoms with Gasteiger partial charge in [0.25, 0.3) is 0 Å². The van der Waals surface area contributed by atoms with Gasteiger partial charge in [0.2, 0.25) is 0 Å². The number of nitrogens with zero attached hydrogens (tertiary/aromatic N) is 3. The van der Waals surface area contributed by atoms with E-state index in [1.165, 1.54) is 35.5 Å². The summed E-state index contributed by atoms with van der Waals surface area (Å²) in [7, 11) is 0. The quantitative estimate of drug-likeness (QED) is 0.244. The molecule has 1 aromatic heterocycles. The largest absolute Gasteiger partial charge is 0.435 e. The van der Waals surface area contributed by atoms with Crippen LogP contribution in [0.25, 0.3) is 11.4 Å². The van der Waals surface area contributed by atoms with Crippen LogP contribution in [0.15, 0.2) is 60.8 Å². The number of rotatable bonds is 4. The summed E-state index contributed by atoms with van der Waals surface area (Å²) in [6.07, 6.45) is -8.68. The molecule has 0 unspecified atom stereocenters. The number of nitrogen functional groups attached to an aromatic ring is 1. The average molecular weight is 442 g/mol. The summed E-state index contributed by atoms with van der Waals surface area (Å²) in [5, 5.41) is 4.29. The molecule has 0 bridgehead atoms. The van der Waals surface area contributed by atoms with Gasteiger partial charge >= 0.3 is 12.4 Å². The molecule has 3 aromatic rings. The Morgan fingerprint density at radius 1 is 0.903 bits per heavy atom. The lowest BCUT2D eigenvalue weighted by Gasteiger charge is -2.16. The molecule has 3 rings (SSSR count). The van der Waals surface area contributed by atoms with Crippen molar-refractivity contribution in [3.8, 4) is 5.69 Å². The number of nitrogens with two attached hydrogens (primary N) is 3. The van der Waals surface area contributed by atoms with Crippen molar-refractivity contribution < 1.29 is 26.3 Å². The van der Waals surface area contributed by atoms with Gasteiger partial charge in [-0.15, -0.1) is 0 Å². The fourth-order valence-corrected chi connectivity index (χ4v) is 2.66. The van der Waals surface area contributed by atoms with Crippen LogP contribution < -0.4 is 22.3 Å². The highest BCUT2D eigenvalue weighted by molar-refractivity contribution is 5.67. The number of alkyl halides is 6. The fourth-order valence-electron chi connectivity index (χ4n) is 2.66.